The number of hydrogen-bond donors (Lipinski definition) is 1. The third kappa shape index (κ3) is 5.76. The van der Waals surface area contributed by atoms with Crippen molar-refractivity contribution in [2.24, 2.45) is 0 Å². The predicted molar refractivity (Wildman–Crippen MR) is 119 cm³/mol. The molecule has 0 radical (unpaired) electrons. The molecule has 0 bridgehead atoms. The molecule has 1 amide bonds. The minimum absolute atomic E-state index is 0.130. The van der Waals surface area contributed by atoms with Gasteiger partial charge in [-0.15, -0.1) is 0 Å². The number of hydrogen-bond acceptors (Lipinski definition) is 3. The summed E-state index contributed by atoms with van der Waals surface area (Å²) in [6.45, 7) is 0. The molecule has 0 aliphatic rings. The lowest BCUT2D eigenvalue weighted by atomic mass is 10.1. The maximum atomic E-state index is 13.4. The molecular weight excluding hydrogens is 546 g/mol. The number of rotatable bonds is 5. The fourth-order valence-corrected chi connectivity index (χ4v) is 3.54. The van der Waals surface area contributed by atoms with Gasteiger partial charge in [-0.05, 0) is 52.9 Å². The molecule has 3 aromatic rings. The lowest BCUT2D eigenvalue weighted by Crippen LogP contribution is -2.27. The number of ether oxygens (including phenoxy) is 1. The Kier molecular flexibility index (Phi) is 7.22. The molecule has 1 N–H and O–H groups in total. The number of anilines is 1. The molecule has 1 atom stereocenters. The van der Waals surface area contributed by atoms with Gasteiger partial charge < -0.3 is 10.1 Å². The van der Waals surface area contributed by atoms with Gasteiger partial charge in [-0.3, -0.25) is 4.79 Å². The Hall–Kier alpha value is -2.59. The van der Waals surface area contributed by atoms with E-state index in [0.717, 1.165) is 6.07 Å². The van der Waals surface area contributed by atoms with E-state index in [9.17, 15) is 22.8 Å². The Labute approximate surface area is 194 Å². The molecule has 0 aliphatic heterocycles. The van der Waals surface area contributed by atoms with Crippen LogP contribution in [0.25, 0.3) is 0 Å². The second-order valence-electron chi connectivity index (χ2n) is 6.35. The van der Waals surface area contributed by atoms with Crippen LogP contribution in [0.5, 0.6) is 0 Å². The zero-order chi connectivity index (χ0) is 22.6. The quantitative estimate of drug-likeness (QED) is 0.287. The molecule has 31 heavy (non-hydrogen) atoms. The van der Waals surface area contributed by atoms with Crippen LogP contribution in [0.3, 0.4) is 0 Å². The number of halogens is 5. The van der Waals surface area contributed by atoms with Gasteiger partial charge in [0.1, 0.15) is 0 Å². The number of amides is 1. The van der Waals surface area contributed by atoms with Crippen molar-refractivity contribution in [3.05, 3.63) is 98.1 Å². The molecule has 3 rings (SSSR count). The van der Waals surface area contributed by atoms with Crippen molar-refractivity contribution in [3.63, 3.8) is 0 Å². The number of nitrogens with one attached hydrogen (secondary N) is 1. The largest absolute Gasteiger partial charge is 0.444 e. The van der Waals surface area contributed by atoms with Gasteiger partial charge in [0.15, 0.2) is 0 Å². The van der Waals surface area contributed by atoms with E-state index in [0.29, 0.717) is 15.2 Å². The Balaban J connectivity index is 1.93. The lowest BCUT2D eigenvalue weighted by Gasteiger charge is -2.20. The zero-order valence-electron chi connectivity index (χ0n) is 15.6. The molecule has 160 valence electrons. The van der Waals surface area contributed by atoms with Crippen molar-refractivity contribution in [1.29, 1.82) is 0 Å². The summed E-state index contributed by atoms with van der Waals surface area (Å²) in [5.41, 5.74) is -1.06. The second-order valence-corrected chi connectivity index (χ2v) is 7.95. The third-order valence-electron chi connectivity index (χ3n) is 4.20. The van der Waals surface area contributed by atoms with Gasteiger partial charge in [0, 0.05) is 14.2 Å². The van der Waals surface area contributed by atoms with Crippen molar-refractivity contribution >= 4 is 51.8 Å². The van der Waals surface area contributed by atoms with Crippen molar-refractivity contribution in [1.82, 2.24) is 0 Å². The van der Waals surface area contributed by atoms with Crippen molar-refractivity contribution in [2.45, 2.75) is 12.3 Å². The highest BCUT2D eigenvalue weighted by Crippen LogP contribution is 2.37. The van der Waals surface area contributed by atoms with Crippen LogP contribution in [0.2, 0.25) is 5.02 Å². The monoisotopic (exact) mass is 559 g/mol. The number of carbonyl (C=O) groups is 2. The number of carbonyl (C=O) groups excluding carboxylic acids is 2. The fraction of sp³-hybridized carbons (Fsp3) is 0.0909. The topological polar surface area (TPSA) is 55.4 Å². The van der Waals surface area contributed by atoms with Crippen LogP contribution in [-0.2, 0) is 15.7 Å². The van der Waals surface area contributed by atoms with Crippen molar-refractivity contribution < 1.29 is 27.5 Å². The Bertz CT molecular complexity index is 1110. The van der Waals surface area contributed by atoms with Crippen LogP contribution in [-0.4, -0.2) is 11.9 Å². The highest BCUT2D eigenvalue weighted by atomic mass is 127. The molecule has 1 unspecified atom stereocenters. The van der Waals surface area contributed by atoms with Gasteiger partial charge in [0.05, 0.1) is 16.8 Å². The van der Waals surface area contributed by atoms with E-state index in [1.54, 1.807) is 48.5 Å². The van der Waals surface area contributed by atoms with Crippen LogP contribution >= 0.6 is 34.2 Å². The Morgan fingerprint density at radius 1 is 0.968 bits per heavy atom. The summed E-state index contributed by atoms with van der Waals surface area (Å²) in [4.78, 5) is 25.6. The van der Waals surface area contributed by atoms with E-state index >= 15 is 0 Å². The van der Waals surface area contributed by atoms with Crippen molar-refractivity contribution in [2.75, 3.05) is 5.32 Å². The predicted octanol–water partition coefficient (Wildman–Crippen LogP) is 6.50. The minimum Gasteiger partial charge on any atom is -0.444 e. The summed E-state index contributed by atoms with van der Waals surface area (Å²) in [6, 6.07) is 17.6. The molecule has 4 nitrogen and oxygen atoms in total. The van der Waals surface area contributed by atoms with E-state index in [1.807, 2.05) is 22.6 Å². The average molecular weight is 560 g/mol. The first-order chi connectivity index (χ1) is 14.7. The van der Waals surface area contributed by atoms with Crippen LogP contribution in [0.1, 0.15) is 27.6 Å². The smallest absolute Gasteiger partial charge is 0.418 e. The SMILES string of the molecule is O=C(OC(C(=O)Nc1ccc(Cl)cc1C(F)(F)F)c1ccccc1)c1ccccc1I. The lowest BCUT2D eigenvalue weighted by molar-refractivity contribution is -0.137. The van der Waals surface area contributed by atoms with Gasteiger partial charge in [0.2, 0.25) is 6.10 Å². The van der Waals surface area contributed by atoms with E-state index in [4.69, 9.17) is 16.3 Å². The van der Waals surface area contributed by atoms with E-state index in [-0.39, 0.29) is 10.6 Å². The maximum Gasteiger partial charge on any atom is 0.418 e. The number of benzene rings is 3. The summed E-state index contributed by atoms with van der Waals surface area (Å²) < 4.78 is 46.2. The molecule has 0 saturated carbocycles. The Morgan fingerprint density at radius 3 is 2.26 bits per heavy atom. The molecule has 3 aromatic carbocycles. The van der Waals surface area contributed by atoms with E-state index < -0.39 is 35.4 Å². The average Bonchev–Trinajstić information content (AvgIpc) is 2.73. The van der Waals surface area contributed by atoms with Gasteiger partial charge in [-0.1, -0.05) is 54.1 Å². The van der Waals surface area contributed by atoms with E-state index in [1.165, 1.54) is 12.1 Å². The van der Waals surface area contributed by atoms with Crippen LogP contribution in [0.15, 0.2) is 72.8 Å². The molecule has 0 saturated heterocycles. The van der Waals surface area contributed by atoms with Crippen molar-refractivity contribution in [3.8, 4) is 0 Å². The molecule has 0 aromatic heterocycles. The third-order valence-corrected chi connectivity index (χ3v) is 5.38. The fourth-order valence-electron chi connectivity index (χ4n) is 2.76. The standard InChI is InChI=1S/C22H14ClF3INO3/c23-14-10-11-18(16(12-14)22(24,25)26)28-20(29)19(13-6-2-1-3-7-13)31-21(30)15-8-4-5-9-17(15)27/h1-12,19H,(H,28,29). The first kappa shape index (κ1) is 23.1. The summed E-state index contributed by atoms with van der Waals surface area (Å²) >= 11 is 7.64. The highest BCUT2D eigenvalue weighted by molar-refractivity contribution is 14.1. The molecule has 0 aliphatic carbocycles. The maximum absolute atomic E-state index is 13.4. The molecule has 0 heterocycles. The van der Waals surface area contributed by atoms with E-state index in [2.05, 4.69) is 5.32 Å². The molecule has 0 fully saturated rings. The number of alkyl halides is 3. The number of esters is 1. The summed E-state index contributed by atoms with van der Waals surface area (Å²) in [5.74, 6) is -1.71. The second kappa shape index (κ2) is 9.69. The van der Waals surface area contributed by atoms with Gasteiger partial charge in [-0.25, -0.2) is 4.79 Å². The highest BCUT2D eigenvalue weighted by Gasteiger charge is 2.35. The summed E-state index contributed by atoms with van der Waals surface area (Å²) in [7, 11) is 0. The molecule has 9 heteroatoms. The normalized spacial score (nSPS) is 12.2. The van der Waals surface area contributed by atoms with Gasteiger partial charge >= 0.3 is 12.1 Å². The zero-order valence-corrected chi connectivity index (χ0v) is 18.5. The van der Waals surface area contributed by atoms with Crippen LogP contribution < -0.4 is 5.32 Å². The van der Waals surface area contributed by atoms with Gasteiger partial charge in [-0.2, -0.15) is 13.2 Å². The molecular formula is C22H14ClF3INO3. The first-order valence-electron chi connectivity index (χ1n) is 8.85. The summed E-state index contributed by atoms with van der Waals surface area (Å²) in [5, 5.41) is 2.09. The summed E-state index contributed by atoms with van der Waals surface area (Å²) in [6.07, 6.45) is -6.21. The van der Waals surface area contributed by atoms with Gasteiger partial charge in [0.25, 0.3) is 5.91 Å². The Morgan fingerprint density at radius 2 is 1.61 bits per heavy atom. The molecule has 0 spiro atoms. The first-order valence-corrected chi connectivity index (χ1v) is 10.3. The minimum atomic E-state index is -4.74. The van der Waals surface area contributed by atoms with Crippen LogP contribution in [0, 0.1) is 3.57 Å². The van der Waals surface area contributed by atoms with Crippen LogP contribution in [0.4, 0.5) is 18.9 Å².